The SMILES string of the molecule is CCCS(=O)(=O)N1CCCC1C(=O)N1CCN(c2ccccn2)CC1. The largest absolute Gasteiger partial charge is 0.353 e. The van der Waals surface area contributed by atoms with E-state index >= 15 is 0 Å². The van der Waals surface area contributed by atoms with Crippen LogP contribution in [0.3, 0.4) is 0 Å². The second kappa shape index (κ2) is 7.70. The Morgan fingerprint density at radius 2 is 1.96 bits per heavy atom. The number of pyridine rings is 1. The molecule has 2 aliphatic rings. The summed E-state index contributed by atoms with van der Waals surface area (Å²) in [5, 5.41) is 0. The summed E-state index contributed by atoms with van der Waals surface area (Å²) in [7, 11) is -3.33. The highest BCUT2D eigenvalue weighted by molar-refractivity contribution is 7.89. The second-order valence-electron chi connectivity index (χ2n) is 6.59. The monoisotopic (exact) mass is 366 g/mol. The zero-order valence-electron chi connectivity index (χ0n) is 14.7. The molecule has 1 atom stereocenters. The number of amides is 1. The first-order chi connectivity index (χ1) is 12.0. The Bertz CT molecular complexity index is 687. The topological polar surface area (TPSA) is 73.8 Å². The molecule has 0 aromatic carbocycles. The smallest absolute Gasteiger partial charge is 0.241 e. The summed E-state index contributed by atoms with van der Waals surface area (Å²) in [6.07, 6.45) is 3.72. The maximum atomic E-state index is 12.9. The van der Waals surface area contributed by atoms with Crippen molar-refractivity contribution in [2.24, 2.45) is 0 Å². The summed E-state index contributed by atoms with van der Waals surface area (Å²) in [6, 6.07) is 5.29. The number of piperazine rings is 1. The molecule has 0 aliphatic carbocycles. The molecule has 0 bridgehead atoms. The summed E-state index contributed by atoms with van der Waals surface area (Å²) in [4.78, 5) is 21.2. The molecule has 1 unspecified atom stereocenters. The van der Waals surface area contributed by atoms with Gasteiger partial charge in [-0.15, -0.1) is 0 Å². The van der Waals surface area contributed by atoms with Crippen molar-refractivity contribution in [3.63, 3.8) is 0 Å². The number of carbonyl (C=O) groups is 1. The van der Waals surface area contributed by atoms with E-state index in [9.17, 15) is 13.2 Å². The van der Waals surface area contributed by atoms with Crippen molar-refractivity contribution in [2.45, 2.75) is 32.2 Å². The molecule has 0 saturated carbocycles. The van der Waals surface area contributed by atoms with Crippen LogP contribution in [0, 0.1) is 0 Å². The fraction of sp³-hybridized carbons (Fsp3) is 0.647. The van der Waals surface area contributed by atoms with Crippen molar-refractivity contribution in [1.82, 2.24) is 14.2 Å². The molecular weight excluding hydrogens is 340 g/mol. The van der Waals surface area contributed by atoms with Crippen molar-refractivity contribution in [3.05, 3.63) is 24.4 Å². The lowest BCUT2D eigenvalue weighted by atomic mass is 10.2. The third-order valence-corrected chi connectivity index (χ3v) is 6.95. The Labute approximate surface area is 149 Å². The number of aromatic nitrogens is 1. The minimum atomic E-state index is -3.33. The van der Waals surface area contributed by atoms with E-state index in [1.54, 1.807) is 6.20 Å². The first-order valence-electron chi connectivity index (χ1n) is 8.97. The fourth-order valence-electron chi connectivity index (χ4n) is 3.60. The van der Waals surface area contributed by atoms with Crippen LogP contribution in [-0.4, -0.2) is 73.0 Å². The predicted octanol–water partition coefficient (Wildman–Crippen LogP) is 0.934. The summed E-state index contributed by atoms with van der Waals surface area (Å²) < 4.78 is 26.2. The van der Waals surface area contributed by atoms with E-state index < -0.39 is 16.1 Å². The Hall–Kier alpha value is -1.67. The minimum Gasteiger partial charge on any atom is -0.353 e. The average molecular weight is 366 g/mol. The normalized spacial score (nSPS) is 22.4. The van der Waals surface area contributed by atoms with Crippen molar-refractivity contribution in [2.75, 3.05) is 43.4 Å². The maximum absolute atomic E-state index is 12.9. The summed E-state index contributed by atoms with van der Waals surface area (Å²) >= 11 is 0. The summed E-state index contributed by atoms with van der Waals surface area (Å²) in [6.45, 7) is 4.96. The van der Waals surface area contributed by atoms with E-state index in [4.69, 9.17) is 0 Å². The van der Waals surface area contributed by atoms with Crippen LogP contribution in [0.4, 0.5) is 5.82 Å². The van der Waals surface area contributed by atoms with E-state index in [1.807, 2.05) is 30.0 Å². The Kier molecular flexibility index (Phi) is 5.58. The van der Waals surface area contributed by atoms with Gasteiger partial charge in [-0.1, -0.05) is 13.0 Å². The lowest BCUT2D eigenvalue weighted by Crippen LogP contribution is -2.54. The van der Waals surface area contributed by atoms with Gasteiger partial charge in [-0.2, -0.15) is 4.31 Å². The number of anilines is 1. The Morgan fingerprint density at radius 1 is 1.20 bits per heavy atom. The zero-order valence-corrected chi connectivity index (χ0v) is 15.5. The number of sulfonamides is 1. The average Bonchev–Trinajstić information content (AvgIpc) is 3.13. The molecule has 1 aromatic rings. The van der Waals surface area contributed by atoms with E-state index in [0.29, 0.717) is 32.5 Å². The van der Waals surface area contributed by atoms with Gasteiger partial charge in [-0.3, -0.25) is 4.79 Å². The molecule has 2 fully saturated rings. The number of hydrogen-bond acceptors (Lipinski definition) is 5. The molecule has 7 nitrogen and oxygen atoms in total. The van der Waals surface area contributed by atoms with Crippen molar-refractivity contribution in [1.29, 1.82) is 0 Å². The van der Waals surface area contributed by atoms with Crippen LogP contribution in [0.5, 0.6) is 0 Å². The van der Waals surface area contributed by atoms with Crippen LogP contribution in [0.25, 0.3) is 0 Å². The van der Waals surface area contributed by atoms with Gasteiger partial charge < -0.3 is 9.80 Å². The molecule has 0 N–H and O–H groups in total. The standard InChI is InChI=1S/C17H26N4O3S/c1-2-14-25(23,24)21-9-5-6-15(21)17(22)20-12-10-19(11-13-20)16-7-3-4-8-18-16/h3-4,7-8,15H,2,5-6,9-14H2,1H3. The number of nitrogens with zero attached hydrogens (tertiary/aromatic N) is 4. The first kappa shape index (κ1) is 18.1. The molecule has 2 saturated heterocycles. The lowest BCUT2D eigenvalue weighted by Gasteiger charge is -2.37. The Morgan fingerprint density at radius 3 is 2.60 bits per heavy atom. The molecule has 0 spiro atoms. The Balaban J connectivity index is 1.62. The summed E-state index contributed by atoms with van der Waals surface area (Å²) in [5.41, 5.74) is 0. The molecule has 138 valence electrons. The third-order valence-electron chi connectivity index (χ3n) is 4.87. The van der Waals surface area contributed by atoms with E-state index in [2.05, 4.69) is 9.88 Å². The lowest BCUT2D eigenvalue weighted by molar-refractivity contribution is -0.134. The summed E-state index contributed by atoms with van der Waals surface area (Å²) in [5.74, 6) is 0.991. The predicted molar refractivity (Wildman–Crippen MR) is 96.8 cm³/mol. The number of rotatable bonds is 5. The highest BCUT2D eigenvalue weighted by Gasteiger charge is 2.40. The molecule has 3 heterocycles. The first-order valence-corrected chi connectivity index (χ1v) is 10.6. The molecule has 25 heavy (non-hydrogen) atoms. The van der Waals surface area contributed by atoms with Gasteiger partial charge >= 0.3 is 0 Å². The van der Waals surface area contributed by atoms with Gasteiger partial charge in [0.25, 0.3) is 0 Å². The van der Waals surface area contributed by atoms with Crippen LogP contribution >= 0.6 is 0 Å². The van der Waals surface area contributed by atoms with Gasteiger partial charge in [-0.05, 0) is 31.4 Å². The zero-order chi connectivity index (χ0) is 17.9. The van der Waals surface area contributed by atoms with Crippen LogP contribution in [0.15, 0.2) is 24.4 Å². The third kappa shape index (κ3) is 3.95. The van der Waals surface area contributed by atoms with Crippen molar-refractivity contribution >= 4 is 21.7 Å². The van der Waals surface area contributed by atoms with Gasteiger partial charge in [0.1, 0.15) is 11.9 Å². The molecule has 0 radical (unpaired) electrons. The van der Waals surface area contributed by atoms with Crippen LogP contribution < -0.4 is 4.90 Å². The van der Waals surface area contributed by atoms with Crippen molar-refractivity contribution < 1.29 is 13.2 Å². The van der Waals surface area contributed by atoms with Gasteiger partial charge in [0, 0.05) is 38.9 Å². The van der Waals surface area contributed by atoms with Crippen LogP contribution in [-0.2, 0) is 14.8 Å². The molecule has 1 amide bonds. The van der Waals surface area contributed by atoms with Crippen molar-refractivity contribution in [3.8, 4) is 0 Å². The van der Waals surface area contributed by atoms with Gasteiger partial charge in [0.2, 0.25) is 15.9 Å². The molecule has 8 heteroatoms. The molecular formula is C17H26N4O3S. The maximum Gasteiger partial charge on any atom is 0.241 e. The number of carbonyl (C=O) groups excluding carboxylic acids is 1. The fourth-order valence-corrected chi connectivity index (χ4v) is 5.34. The molecule has 2 aliphatic heterocycles. The highest BCUT2D eigenvalue weighted by Crippen LogP contribution is 2.24. The second-order valence-corrected chi connectivity index (χ2v) is 8.63. The van der Waals surface area contributed by atoms with Gasteiger partial charge in [0.05, 0.1) is 5.75 Å². The van der Waals surface area contributed by atoms with Crippen LogP contribution in [0.1, 0.15) is 26.2 Å². The molecule has 1 aromatic heterocycles. The van der Waals surface area contributed by atoms with Gasteiger partial charge in [-0.25, -0.2) is 13.4 Å². The molecule has 3 rings (SSSR count). The van der Waals surface area contributed by atoms with Gasteiger partial charge in [0.15, 0.2) is 0 Å². The highest BCUT2D eigenvalue weighted by atomic mass is 32.2. The van der Waals surface area contributed by atoms with Crippen LogP contribution in [0.2, 0.25) is 0 Å². The minimum absolute atomic E-state index is 0.0437. The van der Waals surface area contributed by atoms with E-state index in [0.717, 1.165) is 25.3 Å². The van der Waals surface area contributed by atoms with E-state index in [-0.39, 0.29) is 11.7 Å². The number of hydrogen-bond donors (Lipinski definition) is 0. The van der Waals surface area contributed by atoms with E-state index in [1.165, 1.54) is 4.31 Å². The quantitative estimate of drug-likeness (QED) is 0.775.